The van der Waals surface area contributed by atoms with Crippen LogP contribution < -0.4 is 0 Å². The number of aryl methyl sites for hydroxylation is 2. The van der Waals surface area contributed by atoms with Crippen LogP contribution >= 0.6 is 12.2 Å². The molecule has 1 fully saturated rings. The fourth-order valence-corrected chi connectivity index (χ4v) is 4.79. The highest BCUT2D eigenvalue weighted by Crippen LogP contribution is 2.20. The van der Waals surface area contributed by atoms with Gasteiger partial charge in [-0.1, -0.05) is 12.1 Å². The molecule has 0 saturated carbocycles. The van der Waals surface area contributed by atoms with Gasteiger partial charge < -0.3 is 4.57 Å². The predicted molar refractivity (Wildman–Crippen MR) is 107 cm³/mol. The number of rotatable bonds is 6. The fraction of sp³-hybridized carbons (Fsp3) is 0.444. The maximum Gasteiger partial charge on any atom is 0.243 e. The lowest BCUT2D eigenvalue weighted by atomic mass is 10.1. The van der Waals surface area contributed by atoms with Gasteiger partial charge in [-0.25, -0.2) is 13.1 Å². The Labute approximate surface area is 165 Å². The van der Waals surface area contributed by atoms with E-state index >= 15 is 0 Å². The molecule has 7 nitrogen and oxygen atoms in total. The van der Waals surface area contributed by atoms with E-state index < -0.39 is 10.0 Å². The minimum Gasteiger partial charge on any atom is -0.303 e. The molecule has 0 bridgehead atoms. The lowest BCUT2D eigenvalue weighted by Gasteiger charge is -2.33. The summed E-state index contributed by atoms with van der Waals surface area (Å²) in [5.41, 5.74) is 2.07. The zero-order chi connectivity index (χ0) is 19.6. The molecule has 1 aromatic heterocycles. The van der Waals surface area contributed by atoms with Crippen molar-refractivity contribution in [2.24, 2.45) is 0 Å². The van der Waals surface area contributed by atoms with Crippen LogP contribution in [0.4, 0.5) is 0 Å². The third kappa shape index (κ3) is 4.21. The molecule has 0 amide bonds. The summed E-state index contributed by atoms with van der Waals surface area (Å²) in [5, 5.41) is 4.32. The lowest BCUT2D eigenvalue weighted by Crippen LogP contribution is -2.48. The van der Waals surface area contributed by atoms with E-state index in [2.05, 4.69) is 16.6 Å². The Morgan fingerprint density at radius 3 is 2.52 bits per heavy atom. The van der Waals surface area contributed by atoms with Gasteiger partial charge in [-0.2, -0.15) is 9.40 Å². The van der Waals surface area contributed by atoms with Crippen LogP contribution in [-0.2, 0) is 23.2 Å². The molecule has 1 aliphatic heterocycles. The SMILES string of the molecule is C=CCn1cnn(CN2CCN(S(=O)(=O)c3ccc(C)c(C)c3)CC2)c1=S. The molecule has 9 heteroatoms. The van der Waals surface area contributed by atoms with Crippen molar-refractivity contribution < 1.29 is 8.42 Å². The molecule has 27 heavy (non-hydrogen) atoms. The van der Waals surface area contributed by atoms with E-state index in [1.807, 2.05) is 24.5 Å². The smallest absolute Gasteiger partial charge is 0.243 e. The first-order chi connectivity index (χ1) is 12.8. The third-order valence-corrected chi connectivity index (χ3v) is 7.24. The minimum absolute atomic E-state index is 0.365. The quantitative estimate of drug-likeness (QED) is 0.543. The van der Waals surface area contributed by atoms with Crippen LogP contribution in [-0.4, -0.2) is 58.1 Å². The Balaban J connectivity index is 1.65. The van der Waals surface area contributed by atoms with E-state index in [4.69, 9.17) is 12.2 Å². The van der Waals surface area contributed by atoms with Gasteiger partial charge in [0, 0.05) is 32.7 Å². The summed E-state index contributed by atoms with van der Waals surface area (Å²) in [4.78, 5) is 2.53. The Morgan fingerprint density at radius 1 is 1.19 bits per heavy atom. The van der Waals surface area contributed by atoms with Gasteiger partial charge in [-0.15, -0.1) is 6.58 Å². The van der Waals surface area contributed by atoms with Crippen molar-refractivity contribution in [1.82, 2.24) is 23.6 Å². The Kier molecular flexibility index (Phi) is 5.95. The highest BCUT2D eigenvalue weighted by atomic mass is 32.2. The summed E-state index contributed by atoms with van der Waals surface area (Å²) >= 11 is 5.41. The summed E-state index contributed by atoms with van der Waals surface area (Å²) in [6, 6.07) is 5.30. The molecule has 3 rings (SSSR count). The van der Waals surface area contributed by atoms with E-state index in [1.165, 1.54) is 0 Å². The van der Waals surface area contributed by atoms with Crippen molar-refractivity contribution in [3.05, 3.63) is 53.1 Å². The van der Waals surface area contributed by atoms with Crippen molar-refractivity contribution in [3.63, 3.8) is 0 Å². The second-order valence-corrected chi connectivity index (χ2v) is 9.07. The molecule has 0 radical (unpaired) electrons. The van der Waals surface area contributed by atoms with Crippen LogP contribution in [0.3, 0.4) is 0 Å². The number of piperazine rings is 1. The average molecular weight is 408 g/mol. The molecule has 0 spiro atoms. The van der Waals surface area contributed by atoms with E-state index in [0.717, 1.165) is 11.1 Å². The van der Waals surface area contributed by atoms with Gasteiger partial charge in [0.2, 0.25) is 10.0 Å². The zero-order valence-electron chi connectivity index (χ0n) is 15.7. The zero-order valence-corrected chi connectivity index (χ0v) is 17.3. The number of benzene rings is 1. The second-order valence-electron chi connectivity index (χ2n) is 6.76. The van der Waals surface area contributed by atoms with Gasteiger partial charge in [0.15, 0.2) is 4.77 Å². The molecule has 0 unspecified atom stereocenters. The second kappa shape index (κ2) is 8.05. The largest absolute Gasteiger partial charge is 0.303 e. The number of allylic oxidation sites excluding steroid dienone is 1. The maximum atomic E-state index is 12.9. The standard InChI is InChI=1S/C18H25N5O2S2/c1-4-7-21-13-19-23(18(21)26)14-20-8-10-22(11-9-20)27(24,25)17-6-5-15(2)16(3)12-17/h4-6,12-13H,1,7-11,14H2,2-3H3. The van der Waals surface area contributed by atoms with Crippen molar-refractivity contribution in [2.45, 2.75) is 32.0 Å². The molecule has 0 atom stereocenters. The summed E-state index contributed by atoms with van der Waals surface area (Å²) in [5.74, 6) is 0. The summed E-state index contributed by atoms with van der Waals surface area (Å²) in [7, 11) is -3.46. The first-order valence-corrected chi connectivity index (χ1v) is 10.7. The predicted octanol–water partition coefficient (Wildman–Crippen LogP) is 2.18. The van der Waals surface area contributed by atoms with Gasteiger partial charge >= 0.3 is 0 Å². The van der Waals surface area contributed by atoms with Crippen LogP contribution in [0.15, 0.2) is 42.1 Å². The summed E-state index contributed by atoms with van der Waals surface area (Å²) in [6.45, 7) is 11.0. The lowest BCUT2D eigenvalue weighted by molar-refractivity contribution is 0.144. The monoisotopic (exact) mass is 407 g/mol. The Bertz CT molecular complexity index is 985. The first kappa shape index (κ1) is 19.9. The Morgan fingerprint density at radius 2 is 1.89 bits per heavy atom. The minimum atomic E-state index is -3.46. The normalized spacial score (nSPS) is 16.5. The molecule has 0 aliphatic carbocycles. The van der Waals surface area contributed by atoms with Gasteiger partial charge in [0.1, 0.15) is 6.33 Å². The van der Waals surface area contributed by atoms with Crippen LogP contribution in [0.25, 0.3) is 0 Å². The highest BCUT2D eigenvalue weighted by Gasteiger charge is 2.28. The maximum absolute atomic E-state index is 12.9. The molecule has 2 heterocycles. The summed E-state index contributed by atoms with van der Waals surface area (Å²) in [6.07, 6.45) is 3.47. The third-order valence-electron chi connectivity index (χ3n) is 4.90. The molecular weight excluding hydrogens is 382 g/mol. The van der Waals surface area contributed by atoms with Crippen molar-refractivity contribution in [1.29, 1.82) is 0 Å². The number of aromatic nitrogens is 3. The molecule has 1 aromatic carbocycles. The molecule has 2 aromatic rings. The van der Waals surface area contributed by atoms with Crippen molar-refractivity contribution in [2.75, 3.05) is 26.2 Å². The van der Waals surface area contributed by atoms with Gasteiger partial charge in [0.05, 0.1) is 11.6 Å². The van der Waals surface area contributed by atoms with Crippen LogP contribution in [0.2, 0.25) is 0 Å². The van der Waals surface area contributed by atoms with Crippen molar-refractivity contribution >= 4 is 22.2 Å². The topological polar surface area (TPSA) is 63.4 Å². The summed E-state index contributed by atoms with van der Waals surface area (Å²) < 4.78 is 31.6. The van der Waals surface area contributed by atoms with E-state index in [9.17, 15) is 8.42 Å². The van der Waals surface area contributed by atoms with Crippen LogP contribution in [0, 0.1) is 18.6 Å². The first-order valence-electron chi connectivity index (χ1n) is 8.86. The van der Waals surface area contributed by atoms with Crippen molar-refractivity contribution in [3.8, 4) is 0 Å². The molecule has 1 aliphatic rings. The van der Waals surface area contributed by atoms with Crippen LogP contribution in [0.5, 0.6) is 0 Å². The number of sulfonamides is 1. The molecule has 146 valence electrons. The number of nitrogens with zero attached hydrogens (tertiary/aromatic N) is 5. The average Bonchev–Trinajstić information content (AvgIpc) is 2.98. The van der Waals surface area contributed by atoms with Gasteiger partial charge in [-0.05, 0) is 49.3 Å². The van der Waals surface area contributed by atoms with Gasteiger partial charge in [-0.3, -0.25) is 4.90 Å². The highest BCUT2D eigenvalue weighted by molar-refractivity contribution is 7.89. The van der Waals surface area contributed by atoms with Gasteiger partial charge in [0.25, 0.3) is 0 Å². The number of hydrogen-bond donors (Lipinski definition) is 0. The molecule has 1 saturated heterocycles. The van der Waals surface area contributed by atoms with Crippen LogP contribution in [0.1, 0.15) is 11.1 Å². The number of hydrogen-bond acceptors (Lipinski definition) is 5. The Hall–Kier alpha value is -1.81. The van der Waals surface area contributed by atoms with E-state index in [-0.39, 0.29) is 0 Å². The van der Waals surface area contributed by atoms with E-state index in [1.54, 1.807) is 33.5 Å². The molecular formula is C18H25N5O2S2. The molecule has 0 N–H and O–H groups in total. The van der Waals surface area contributed by atoms with E-state index in [0.29, 0.717) is 49.1 Å². The fourth-order valence-electron chi connectivity index (χ4n) is 3.06.